The Morgan fingerprint density at radius 3 is 2.39 bits per heavy atom. The van der Waals surface area contributed by atoms with Crippen LogP contribution in [-0.4, -0.2) is 26.3 Å². The van der Waals surface area contributed by atoms with Crippen molar-refractivity contribution in [3.8, 4) is 17.2 Å². The van der Waals surface area contributed by atoms with Crippen LogP contribution in [0.4, 0.5) is 0 Å². The summed E-state index contributed by atoms with van der Waals surface area (Å²) in [4.78, 5) is 4.39. The van der Waals surface area contributed by atoms with Crippen LogP contribution in [0, 0.1) is 6.92 Å². The summed E-state index contributed by atoms with van der Waals surface area (Å²) < 4.78 is 16.4. The molecule has 0 spiro atoms. The molecule has 2 aromatic carbocycles. The first kappa shape index (κ1) is 23.9. The van der Waals surface area contributed by atoms with E-state index in [1.165, 1.54) is 0 Å². The first-order valence-corrected chi connectivity index (χ1v) is 8.93. The Morgan fingerprint density at radius 1 is 1.04 bits per heavy atom. The molecule has 28 heavy (non-hydrogen) atoms. The number of rotatable bonds is 8. The number of hydrogen-bond donors (Lipinski definition) is 2. The van der Waals surface area contributed by atoms with Crippen LogP contribution >= 0.6 is 24.0 Å². The van der Waals surface area contributed by atoms with Crippen LogP contribution in [0.25, 0.3) is 0 Å². The van der Waals surface area contributed by atoms with Crippen molar-refractivity contribution in [1.82, 2.24) is 5.32 Å². The fourth-order valence-electron chi connectivity index (χ4n) is 2.57. The molecule has 0 unspecified atom stereocenters. The number of aryl methyl sites for hydroxylation is 1. The molecular weight excluding hydrogens is 469 g/mol. The number of nitrogens with two attached hydrogens (primary N) is 1. The molecule has 0 heterocycles. The number of benzene rings is 2. The predicted octanol–water partition coefficient (Wildman–Crippen LogP) is 4.02. The standard InChI is InChI=1S/C21H29N3O3.HI/c1-14(2)27-19-10-15(3)6-8-17(19)13-24-21(22)23-12-16-7-9-18(25-4)20(11-16)26-5;/h6-11,14H,12-13H2,1-5H3,(H3,22,23,24);1H. The molecule has 0 aliphatic heterocycles. The van der Waals surface area contributed by atoms with Gasteiger partial charge in [-0.05, 0) is 50.1 Å². The average Bonchev–Trinajstić information content (AvgIpc) is 2.65. The van der Waals surface area contributed by atoms with E-state index in [2.05, 4.69) is 16.4 Å². The number of ether oxygens (including phenoxy) is 3. The summed E-state index contributed by atoms with van der Waals surface area (Å²) in [6, 6.07) is 11.8. The average molecular weight is 499 g/mol. The largest absolute Gasteiger partial charge is 0.493 e. The van der Waals surface area contributed by atoms with Gasteiger partial charge in [-0.25, -0.2) is 4.99 Å². The number of guanidine groups is 1. The Balaban J connectivity index is 0.00000392. The zero-order chi connectivity index (χ0) is 19.8. The van der Waals surface area contributed by atoms with E-state index in [0.717, 1.165) is 22.4 Å². The minimum absolute atomic E-state index is 0. The summed E-state index contributed by atoms with van der Waals surface area (Å²) in [6.07, 6.45) is 0.113. The Kier molecular flexibility index (Phi) is 9.92. The van der Waals surface area contributed by atoms with Gasteiger partial charge in [0.15, 0.2) is 17.5 Å². The van der Waals surface area contributed by atoms with Crippen LogP contribution in [0.15, 0.2) is 41.4 Å². The highest BCUT2D eigenvalue weighted by atomic mass is 127. The molecule has 0 fully saturated rings. The maximum Gasteiger partial charge on any atom is 0.189 e. The van der Waals surface area contributed by atoms with Gasteiger partial charge in [0.05, 0.1) is 26.9 Å². The van der Waals surface area contributed by atoms with E-state index in [1.807, 2.05) is 51.1 Å². The highest BCUT2D eigenvalue weighted by Gasteiger charge is 2.07. The molecule has 0 aromatic heterocycles. The van der Waals surface area contributed by atoms with Crippen molar-refractivity contribution >= 4 is 29.9 Å². The van der Waals surface area contributed by atoms with E-state index in [-0.39, 0.29) is 30.1 Å². The van der Waals surface area contributed by atoms with E-state index in [4.69, 9.17) is 19.9 Å². The summed E-state index contributed by atoms with van der Waals surface area (Å²) in [5.74, 6) is 2.60. The maximum atomic E-state index is 6.02. The lowest BCUT2D eigenvalue weighted by Gasteiger charge is -2.16. The Morgan fingerprint density at radius 2 is 1.75 bits per heavy atom. The number of halogens is 1. The van der Waals surface area contributed by atoms with Crippen LogP contribution in [-0.2, 0) is 13.1 Å². The summed E-state index contributed by atoms with van der Waals surface area (Å²) >= 11 is 0. The second-order valence-corrected chi connectivity index (χ2v) is 6.52. The Bertz CT molecular complexity index is 794. The predicted molar refractivity (Wildman–Crippen MR) is 124 cm³/mol. The molecule has 0 amide bonds. The fourth-order valence-corrected chi connectivity index (χ4v) is 2.57. The molecule has 0 aliphatic rings. The molecule has 2 aromatic rings. The van der Waals surface area contributed by atoms with E-state index >= 15 is 0 Å². The fraction of sp³-hybridized carbons (Fsp3) is 0.381. The number of methoxy groups -OCH3 is 2. The quantitative estimate of drug-likeness (QED) is 0.326. The third-order valence-electron chi connectivity index (χ3n) is 3.93. The topological polar surface area (TPSA) is 78.1 Å². The smallest absolute Gasteiger partial charge is 0.189 e. The van der Waals surface area contributed by atoms with E-state index in [0.29, 0.717) is 30.5 Å². The summed E-state index contributed by atoms with van der Waals surface area (Å²) in [5.41, 5.74) is 9.20. The molecule has 7 heteroatoms. The first-order valence-electron chi connectivity index (χ1n) is 8.93. The van der Waals surface area contributed by atoms with Gasteiger partial charge in [0.1, 0.15) is 5.75 Å². The van der Waals surface area contributed by atoms with Gasteiger partial charge in [0.2, 0.25) is 0 Å². The summed E-state index contributed by atoms with van der Waals surface area (Å²) in [6.45, 7) is 7.06. The summed E-state index contributed by atoms with van der Waals surface area (Å²) in [7, 11) is 3.22. The van der Waals surface area contributed by atoms with Gasteiger partial charge in [0, 0.05) is 12.1 Å². The number of aliphatic imine (C=N–C) groups is 1. The molecule has 0 bridgehead atoms. The van der Waals surface area contributed by atoms with Crippen LogP contribution in [0.2, 0.25) is 0 Å². The summed E-state index contributed by atoms with van der Waals surface area (Å²) in [5, 5.41) is 3.15. The number of nitrogens with one attached hydrogen (secondary N) is 1. The van der Waals surface area contributed by atoms with Gasteiger partial charge in [-0.1, -0.05) is 18.2 Å². The molecular formula is C21H30IN3O3. The second kappa shape index (κ2) is 11.6. The molecule has 0 aliphatic carbocycles. The van der Waals surface area contributed by atoms with E-state index in [1.54, 1.807) is 14.2 Å². The highest BCUT2D eigenvalue weighted by Crippen LogP contribution is 2.27. The van der Waals surface area contributed by atoms with Crippen LogP contribution < -0.4 is 25.3 Å². The highest BCUT2D eigenvalue weighted by molar-refractivity contribution is 14.0. The first-order chi connectivity index (χ1) is 12.9. The van der Waals surface area contributed by atoms with E-state index < -0.39 is 0 Å². The molecule has 0 radical (unpaired) electrons. The second-order valence-electron chi connectivity index (χ2n) is 6.52. The van der Waals surface area contributed by atoms with Crippen LogP contribution in [0.5, 0.6) is 17.2 Å². The van der Waals surface area contributed by atoms with Gasteiger partial charge >= 0.3 is 0 Å². The molecule has 3 N–H and O–H groups in total. The maximum absolute atomic E-state index is 6.02. The van der Waals surface area contributed by atoms with Crippen LogP contribution in [0.3, 0.4) is 0 Å². The zero-order valence-electron chi connectivity index (χ0n) is 17.1. The van der Waals surface area contributed by atoms with Crippen molar-refractivity contribution in [2.75, 3.05) is 14.2 Å². The minimum Gasteiger partial charge on any atom is -0.493 e. The van der Waals surface area contributed by atoms with Gasteiger partial charge in [-0.15, -0.1) is 24.0 Å². The number of hydrogen-bond acceptors (Lipinski definition) is 4. The van der Waals surface area contributed by atoms with Crippen molar-refractivity contribution in [3.63, 3.8) is 0 Å². The lowest BCUT2D eigenvalue weighted by atomic mass is 10.1. The van der Waals surface area contributed by atoms with Crippen molar-refractivity contribution in [2.45, 2.75) is 40.0 Å². The van der Waals surface area contributed by atoms with Crippen molar-refractivity contribution in [2.24, 2.45) is 10.7 Å². The minimum atomic E-state index is 0. The lowest BCUT2D eigenvalue weighted by Crippen LogP contribution is -2.31. The monoisotopic (exact) mass is 499 g/mol. The van der Waals surface area contributed by atoms with Gasteiger partial charge in [-0.2, -0.15) is 0 Å². The Labute approximate surface area is 184 Å². The van der Waals surface area contributed by atoms with Crippen molar-refractivity contribution in [1.29, 1.82) is 0 Å². The lowest BCUT2D eigenvalue weighted by molar-refractivity contribution is 0.239. The molecule has 154 valence electrons. The molecule has 6 nitrogen and oxygen atoms in total. The van der Waals surface area contributed by atoms with Gasteiger partial charge in [-0.3, -0.25) is 0 Å². The third-order valence-corrected chi connectivity index (χ3v) is 3.93. The molecule has 0 atom stereocenters. The van der Waals surface area contributed by atoms with Crippen molar-refractivity contribution < 1.29 is 14.2 Å². The van der Waals surface area contributed by atoms with Crippen LogP contribution in [0.1, 0.15) is 30.5 Å². The van der Waals surface area contributed by atoms with Gasteiger partial charge in [0.25, 0.3) is 0 Å². The van der Waals surface area contributed by atoms with Gasteiger partial charge < -0.3 is 25.3 Å². The molecule has 0 saturated heterocycles. The number of nitrogens with zero attached hydrogens (tertiary/aromatic N) is 1. The Hall–Kier alpha value is -2.16. The van der Waals surface area contributed by atoms with Crippen molar-refractivity contribution in [3.05, 3.63) is 53.1 Å². The molecule has 2 rings (SSSR count). The third kappa shape index (κ3) is 7.10. The zero-order valence-corrected chi connectivity index (χ0v) is 19.4. The normalized spacial score (nSPS) is 11.0. The van der Waals surface area contributed by atoms with E-state index in [9.17, 15) is 0 Å². The SMILES string of the molecule is COc1ccc(CN=C(N)NCc2ccc(C)cc2OC(C)C)cc1OC.I. The molecule has 0 saturated carbocycles.